The van der Waals surface area contributed by atoms with Crippen molar-refractivity contribution in [2.75, 3.05) is 0 Å². The lowest BCUT2D eigenvalue weighted by Gasteiger charge is -1.97. The summed E-state index contributed by atoms with van der Waals surface area (Å²) in [6.07, 6.45) is 13.1. The summed E-state index contributed by atoms with van der Waals surface area (Å²) in [4.78, 5) is 0. The Labute approximate surface area is 55.6 Å². The summed E-state index contributed by atoms with van der Waals surface area (Å²) in [6.45, 7) is 0. The molecule has 1 heteroatoms. The van der Waals surface area contributed by atoms with Gasteiger partial charge >= 0.3 is 0 Å². The second-order valence-corrected chi connectivity index (χ2v) is 2.05. The molecule has 2 N–H and O–H groups in total. The van der Waals surface area contributed by atoms with E-state index in [1.165, 1.54) is 0 Å². The Morgan fingerprint density at radius 3 is 2.89 bits per heavy atom. The smallest absolute Gasteiger partial charge is 0.0413 e. The zero-order valence-corrected chi connectivity index (χ0v) is 5.33. The molecule has 0 aromatic carbocycles. The first kappa shape index (κ1) is 6.30. The van der Waals surface area contributed by atoms with E-state index in [1.54, 1.807) is 0 Å². The van der Waals surface area contributed by atoms with Crippen LogP contribution in [0.4, 0.5) is 0 Å². The van der Waals surface area contributed by atoms with Crippen LogP contribution in [0, 0.1) is 0 Å². The quantitative estimate of drug-likeness (QED) is 0.481. The average molecular weight is 121 g/mol. The molecule has 0 aromatic rings. The molecule has 0 saturated heterocycles. The van der Waals surface area contributed by atoms with E-state index in [0.717, 1.165) is 6.42 Å². The van der Waals surface area contributed by atoms with Crippen LogP contribution in [0.15, 0.2) is 36.5 Å². The first-order chi connectivity index (χ1) is 4.39. The first-order valence-corrected chi connectivity index (χ1v) is 3.15. The average Bonchev–Trinajstić information content (AvgIpc) is 1.79. The van der Waals surface area contributed by atoms with E-state index in [0.29, 0.717) is 0 Å². The Bertz CT molecular complexity index is 154. The van der Waals surface area contributed by atoms with E-state index in [1.807, 2.05) is 24.3 Å². The highest BCUT2D eigenvalue weighted by atomic mass is 14.6. The fourth-order valence-electron chi connectivity index (χ4n) is 0.728. The predicted molar refractivity (Wildman–Crippen MR) is 40.0 cm³/mol. The zero-order valence-electron chi connectivity index (χ0n) is 5.33. The molecule has 1 aliphatic carbocycles. The molecule has 0 saturated carbocycles. The molecule has 1 atom stereocenters. The molecule has 0 bridgehead atoms. The van der Waals surface area contributed by atoms with Crippen LogP contribution in [-0.4, -0.2) is 6.04 Å². The Kier molecular flexibility index (Phi) is 2.28. The topological polar surface area (TPSA) is 26.0 Å². The summed E-state index contributed by atoms with van der Waals surface area (Å²) < 4.78 is 0. The normalized spacial score (nSPS) is 32.8. The van der Waals surface area contributed by atoms with E-state index < -0.39 is 0 Å². The maximum absolute atomic E-state index is 5.60. The van der Waals surface area contributed by atoms with Gasteiger partial charge in [-0.1, -0.05) is 36.5 Å². The Balaban J connectivity index is 2.61. The molecule has 0 aliphatic heterocycles. The molecule has 0 radical (unpaired) electrons. The van der Waals surface area contributed by atoms with Crippen LogP contribution >= 0.6 is 0 Å². The minimum atomic E-state index is 0.106. The molecule has 1 aliphatic rings. The van der Waals surface area contributed by atoms with E-state index in [-0.39, 0.29) is 6.04 Å². The highest BCUT2D eigenvalue weighted by Crippen LogP contribution is 1.94. The molecule has 48 valence electrons. The van der Waals surface area contributed by atoms with Crippen LogP contribution in [0.3, 0.4) is 0 Å². The predicted octanol–water partition coefficient (Wildman–Crippen LogP) is 1.39. The number of nitrogens with two attached hydrogens (primary N) is 1. The lowest BCUT2D eigenvalue weighted by molar-refractivity contribution is 1.02. The van der Waals surface area contributed by atoms with Crippen LogP contribution in [0.2, 0.25) is 0 Å². The van der Waals surface area contributed by atoms with Crippen LogP contribution in [0.1, 0.15) is 6.42 Å². The van der Waals surface area contributed by atoms with Crippen molar-refractivity contribution >= 4 is 0 Å². The maximum atomic E-state index is 5.60. The van der Waals surface area contributed by atoms with Gasteiger partial charge in [0.25, 0.3) is 0 Å². The fourth-order valence-corrected chi connectivity index (χ4v) is 0.728. The second-order valence-electron chi connectivity index (χ2n) is 2.05. The highest BCUT2D eigenvalue weighted by Gasteiger charge is 1.87. The standard InChI is InChI=1S/C8H11N/c9-8-6-4-2-1-3-5-7-8/h1-2,4-8H,3,9H2/b2-1-,6-4-,7-5?. The Morgan fingerprint density at radius 2 is 2.00 bits per heavy atom. The van der Waals surface area contributed by atoms with Gasteiger partial charge < -0.3 is 5.73 Å². The van der Waals surface area contributed by atoms with Gasteiger partial charge in [0.15, 0.2) is 0 Å². The number of hydrogen-bond acceptors (Lipinski definition) is 1. The SMILES string of the molecule is NC1C=CC/C=C\C=C/1. The molecule has 0 heterocycles. The number of allylic oxidation sites excluding steroid dienone is 4. The molecule has 9 heavy (non-hydrogen) atoms. The summed E-state index contributed by atoms with van der Waals surface area (Å²) in [7, 11) is 0. The summed E-state index contributed by atoms with van der Waals surface area (Å²) in [5, 5.41) is 0. The van der Waals surface area contributed by atoms with Gasteiger partial charge in [0.1, 0.15) is 0 Å². The fraction of sp³-hybridized carbons (Fsp3) is 0.250. The third-order valence-electron chi connectivity index (χ3n) is 1.21. The van der Waals surface area contributed by atoms with Crippen LogP contribution < -0.4 is 5.73 Å². The molecule has 1 rings (SSSR count). The van der Waals surface area contributed by atoms with Crippen LogP contribution in [-0.2, 0) is 0 Å². The summed E-state index contributed by atoms with van der Waals surface area (Å²) in [5.74, 6) is 0. The Morgan fingerprint density at radius 1 is 1.11 bits per heavy atom. The lowest BCUT2D eigenvalue weighted by Crippen LogP contribution is -2.12. The van der Waals surface area contributed by atoms with Gasteiger partial charge in [-0.15, -0.1) is 0 Å². The molecule has 0 fully saturated rings. The van der Waals surface area contributed by atoms with Gasteiger partial charge in [0.2, 0.25) is 0 Å². The molecule has 0 spiro atoms. The van der Waals surface area contributed by atoms with Gasteiger partial charge in [0, 0.05) is 6.04 Å². The molecule has 1 nitrogen and oxygen atoms in total. The Hall–Kier alpha value is -0.820. The minimum absolute atomic E-state index is 0.106. The van der Waals surface area contributed by atoms with Gasteiger partial charge in [-0.2, -0.15) is 0 Å². The summed E-state index contributed by atoms with van der Waals surface area (Å²) >= 11 is 0. The van der Waals surface area contributed by atoms with Crippen molar-refractivity contribution in [3.05, 3.63) is 36.5 Å². The zero-order chi connectivity index (χ0) is 6.53. The van der Waals surface area contributed by atoms with Crippen molar-refractivity contribution < 1.29 is 0 Å². The minimum Gasteiger partial charge on any atom is -0.321 e. The molecule has 0 aromatic heterocycles. The van der Waals surface area contributed by atoms with Gasteiger partial charge in [-0.05, 0) is 6.42 Å². The van der Waals surface area contributed by atoms with Crippen molar-refractivity contribution in [2.45, 2.75) is 12.5 Å². The van der Waals surface area contributed by atoms with Gasteiger partial charge in [0.05, 0.1) is 0 Å². The second kappa shape index (κ2) is 3.25. The van der Waals surface area contributed by atoms with Crippen molar-refractivity contribution in [1.82, 2.24) is 0 Å². The lowest BCUT2D eigenvalue weighted by atomic mass is 10.2. The largest absolute Gasteiger partial charge is 0.321 e. The van der Waals surface area contributed by atoms with E-state index >= 15 is 0 Å². The van der Waals surface area contributed by atoms with E-state index in [9.17, 15) is 0 Å². The number of rotatable bonds is 0. The third kappa shape index (κ3) is 2.29. The van der Waals surface area contributed by atoms with Crippen molar-refractivity contribution in [3.63, 3.8) is 0 Å². The summed E-state index contributed by atoms with van der Waals surface area (Å²) in [5.41, 5.74) is 5.60. The van der Waals surface area contributed by atoms with Crippen molar-refractivity contribution in [2.24, 2.45) is 5.73 Å². The molecule has 1 unspecified atom stereocenters. The number of hydrogen-bond donors (Lipinski definition) is 1. The van der Waals surface area contributed by atoms with Crippen molar-refractivity contribution in [1.29, 1.82) is 0 Å². The third-order valence-corrected chi connectivity index (χ3v) is 1.21. The molecular formula is C8H11N. The monoisotopic (exact) mass is 121 g/mol. The van der Waals surface area contributed by atoms with Gasteiger partial charge in [-0.25, -0.2) is 0 Å². The van der Waals surface area contributed by atoms with Gasteiger partial charge in [-0.3, -0.25) is 0 Å². The highest BCUT2D eigenvalue weighted by molar-refractivity contribution is 5.15. The van der Waals surface area contributed by atoms with Crippen LogP contribution in [0.5, 0.6) is 0 Å². The molecular weight excluding hydrogens is 110 g/mol. The molecule has 0 amide bonds. The van der Waals surface area contributed by atoms with E-state index in [2.05, 4.69) is 12.2 Å². The van der Waals surface area contributed by atoms with E-state index in [4.69, 9.17) is 5.73 Å². The van der Waals surface area contributed by atoms with Crippen molar-refractivity contribution in [3.8, 4) is 0 Å². The van der Waals surface area contributed by atoms with Crippen LogP contribution in [0.25, 0.3) is 0 Å². The maximum Gasteiger partial charge on any atom is 0.0413 e. The first-order valence-electron chi connectivity index (χ1n) is 3.15. The summed E-state index contributed by atoms with van der Waals surface area (Å²) in [6, 6.07) is 0.106.